The smallest absolute Gasteiger partial charge is 0.311 e. The van der Waals surface area contributed by atoms with E-state index >= 15 is 0 Å². The fraction of sp³-hybridized carbons (Fsp3) is 0.857. The first-order chi connectivity index (χ1) is 10.6. The van der Waals surface area contributed by atoms with Crippen molar-refractivity contribution < 1.29 is 28.5 Å². The van der Waals surface area contributed by atoms with E-state index < -0.39 is 11.8 Å². The largest absolute Gasteiger partial charge is 0.463 e. The number of ether oxygens (including phenoxy) is 4. The number of epoxide rings is 2. The molecule has 0 aromatic heterocycles. The Morgan fingerprint density at radius 3 is 2.05 bits per heavy atom. The Labute approximate surface area is 145 Å². The van der Waals surface area contributed by atoms with Crippen LogP contribution in [0.3, 0.4) is 0 Å². The lowest BCUT2D eigenvalue weighted by Gasteiger charge is -2.35. The van der Waals surface area contributed by atoms with E-state index in [0.717, 1.165) is 6.42 Å². The van der Waals surface area contributed by atoms with Gasteiger partial charge in [0.25, 0.3) is 0 Å². The Kier molecular flexibility index (Phi) is 5.42. The summed E-state index contributed by atoms with van der Waals surface area (Å²) in [5.41, 5.74) is 0. The summed E-state index contributed by atoms with van der Waals surface area (Å²) in [6.07, 6.45) is 1.43. The molecule has 0 aromatic carbocycles. The number of hydrogen-bond acceptors (Lipinski definition) is 6. The number of hydrogen-bond donors (Lipinski definition) is 0. The molecule has 124 valence electrons. The Bertz CT molecular complexity index is 437. The van der Waals surface area contributed by atoms with Gasteiger partial charge in [-0.2, -0.15) is 0 Å². The van der Waals surface area contributed by atoms with Crippen LogP contribution < -0.4 is 0 Å². The topological polar surface area (TPSA) is 77.7 Å². The number of carbonyl (C=O) groups is 2. The van der Waals surface area contributed by atoms with Crippen molar-refractivity contribution in [1.29, 1.82) is 0 Å². The van der Waals surface area contributed by atoms with Gasteiger partial charge in [0.2, 0.25) is 0 Å². The molecule has 22 heavy (non-hydrogen) atoms. The first-order valence-electron chi connectivity index (χ1n) is 7.41. The standard InChI is InChI=1S/C14H18Br2O6/c15-10-2-1-9(13(17)21-5-7-3-19-7)11(12(10)16)14(18)22-6-8-4-20-8/h7-12H,1-6H2. The molecule has 2 heterocycles. The monoisotopic (exact) mass is 440 g/mol. The van der Waals surface area contributed by atoms with Crippen LogP contribution in [0, 0.1) is 11.8 Å². The molecule has 3 rings (SSSR count). The van der Waals surface area contributed by atoms with Crippen molar-refractivity contribution in [2.24, 2.45) is 11.8 Å². The zero-order valence-corrected chi connectivity index (χ0v) is 15.1. The van der Waals surface area contributed by atoms with Crippen molar-refractivity contribution in [3.63, 3.8) is 0 Å². The fourth-order valence-corrected chi connectivity index (χ4v) is 4.01. The lowest BCUT2D eigenvalue weighted by Crippen LogP contribution is -2.45. The Morgan fingerprint density at radius 1 is 0.955 bits per heavy atom. The van der Waals surface area contributed by atoms with Gasteiger partial charge >= 0.3 is 11.9 Å². The van der Waals surface area contributed by atoms with E-state index in [1.54, 1.807) is 0 Å². The summed E-state index contributed by atoms with van der Waals surface area (Å²) in [6.45, 7) is 1.77. The molecule has 0 radical (unpaired) electrons. The van der Waals surface area contributed by atoms with Crippen LogP contribution in [0.15, 0.2) is 0 Å². The van der Waals surface area contributed by atoms with Crippen LogP contribution in [0.5, 0.6) is 0 Å². The van der Waals surface area contributed by atoms with E-state index in [9.17, 15) is 9.59 Å². The molecule has 6 nitrogen and oxygen atoms in total. The van der Waals surface area contributed by atoms with Crippen LogP contribution in [-0.4, -0.2) is 60.2 Å². The highest BCUT2D eigenvalue weighted by Gasteiger charge is 2.47. The molecule has 0 N–H and O–H groups in total. The van der Waals surface area contributed by atoms with Crippen molar-refractivity contribution in [3.05, 3.63) is 0 Å². The number of carbonyl (C=O) groups excluding carboxylic acids is 2. The van der Waals surface area contributed by atoms with E-state index in [-0.39, 0.29) is 47.0 Å². The van der Waals surface area contributed by atoms with Gasteiger partial charge in [0.15, 0.2) is 0 Å². The molecule has 2 aliphatic heterocycles. The Balaban J connectivity index is 1.61. The zero-order chi connectivity index (χ0) is 15.7. The first kappa shape index (κ1) is 16.7. The lowest BCUT2D eigenvalue weighted by atomic mass is 9.79. The molecule has 2 saturated heterocycles. The zero-order valence-electron chi connectivity index (χ0n) is 11.9. The molecule has 1 saturated carbocycles. The van der Waals surface area contributed by atoms with Crippen LogP contribution in [0.25, 0.3) is 0 Å². The molecular weight excluding hydrogens is 424 g/mol. The van der Waals surface area contributed by atoms with Gasteiger partial charge in [-0.3, -0.25) is 9.59 Å². The minimum Gasteiger partial charge on any atom is -0.463 e. The van der Waals surface area contributed by atoms with E-state index in [0.29, 0.717) is 19.6 Å². The molecule has 3 fully saturated rings. The summed E-state index contributed by atoms with van der Waals surface area (Å²) >= 11 is 7.09. The lowest BCUT2D eigenvalue weighted by molar-refractivity contribution is -0.162. The van der Waals surface area contributed by atoms with Crippen molar-refractivity contribution in [1.82, 2.24) is 0 Å². The highest BCUT2D eigenvalue weighted by molar-refractivity contribution is 9.12. The van der Waals surface area contributed by atoms with Crippen LogP contribution in [0.1, 0.15) is 12.8 Å². The molecule has 6 unspecified atom stereocenters. The van der Waals surface area contributed by atoms with Gasteiger partial charge in [0.1, 0.15) is 25.4 Å². The second kappa shape index (κ2) is 7.15. The van der Waals surface area contributed by atoms with Crippen LogP contribution in [0.4, 0.5) is 0 Å². The van der Waals surface area contributed by atoms with E-state index in [2.05, 4.69) is 31.9 Å². The molecule has 0 bridgehead atoms. The van der Waals surface area contributed by atoms with Gasteiger partial charge < -0.3 is 18.9 Å². The van der Waals surface area contributed by atoms with Gasteiger partial charge in [0.05, 0.1) is 25.0 Å². The number of alkyl halides is 2. The van der Waals surface area contributed by atoms with Crippen molar-refractivity contribution in [3.8, 4) is 0 Å². The average molecular weight is 442 g/mol. The molecule has 0 spiro atoms. The minimum atomic E-state index is -0.551. The molecule has 8 heteroatoms. The second-order valence-electron chi connectivity index (χ2n) is 5.84. The van der Waals surface area contributed by atoms with E-state index in [1.165, 1.54) is 0 Å². The summed E-state index contributed by atoms with van der Waals surface area (Å²) < 4.78 is 20.6. The predicted molar refractivity (Wildman–Crippen MR) is 83.0 cm³/mol. The van der Waals surface area contributed by atoms with Crippen LogP contribution in [-0.2, 0) is 28.5 Å². The number of halogens is 2. The van der Waals surface area contributed by atoms with Crippen LogP contribution >= 0.6 is 31.9 Å². The quantitative estimate of drug-likeness (QED) is 0.352. The van der Waals surface area contributed by atoms with Gasteiger partial charge in [-0.05, 0) is 12.8 Å². The number of esters is 2. The summed E-state index contributed by atoms with van der Waals surface area (Å²) in [5.74, 6) is -1.75. The third kappa shape index (κ3) is 4.21. The third-order valence-corrected chi connectivity index (χ3v) is 7.02. The van der Waals surface area contributed by atoms with Crippen molar-refractivity contribution >= 4 is 43.8 Å². The summed E-state index contributed by atoms with van der Waals surface area (Å²) in [5, 5.41) is 0. The maximum atomic E-state index is 12.4. The predicted octanol–water partition coefficient (Wildman–Crippen LogP) is 1.42. The van der Waals surface area contributed by atoms with Crippen molar-refractivity contribution in [2.45, 2.75) is 34.7 Å². The normalized spacial score (nSPS) is 39.9. The maximum absolute atomic E-state index is 12.4. The molecular formula is C14H18Br2O6. The fourth-order valence-electron chi connectivity index (χ4n) is 2.57. The van der Waals surface area contributed by atoms with Gasteiger partial charge in [-0.15, -0.1) is 0 Å². The summed E-state index contributed by atoms with van der Waals surface area (Å²) in [4.78, 5) is 24.7. The molecule has 0 amide bonds. The minimum absolute atomic E-state index is 0.0125. The summed E-state index contributed by atoms with van der Waals surface area (Å²) in [6, 6.07) is 0. The molecule has 6 atom stereocenters. The second-order valence-corrected chi connectivity index (χ2v) is 8.07. The molecule has 1 aliphatic carbocycles. The van der Waals surface area contributed by atoms with Gasteiger partial charge in [-0.25, -0.2) is 0 Å². The highest BCUT2D eigenvalue weighted by Crippen LogP contribution is 2.40. The first-order valence-corrected chi connectivity index (χ1v) is 9.24. The highest BCUT2D eigenvalue weighted by atomic mass is 79.9. The molecule has 0 aromatic rings. The van der Waals surface area contributed by atoms with Gasteiger partial charge in [-0.1, -0.05) is 31.9 Å². The van der Waals surface area contributed by atoms with Crippen molar-refractivity contribution in [2.75, 3.05) is 26.4 Å². The van der Waals surface area contributed by atoms with E-state index in [1.807, 2.05) is 0 Å². The van der Waals surface area contributed by atoms with E-state index in [4.69, 9.17) is 18.9 Å². The average Bonchev–Trinajstić information content (AvgIpc) is 3.38. The molecule has 3 aliphatic rings. The third-order valence-electron chi connectivity index (χ3n) is 4.08. The van der Waals surface area contributed by atoms with Crippen LogP contribution in [0.2, 0.25) is 0 Å². The Hall–Kier alpha value is -0.180. The van der Waals surface area contributed by atoms with Gasteiger partial charge in [0, 0.05) is 9.65 Å². The SMILES string of the molecule is O=C(OCC1CO1)C1CCC(Br)C(Br)C1C(=O)OCC1CO1. The summed E-state index contributed by atoms with van der Waals surface area (Å²) in [7, 11) is 0. The Morgan fingerprint density at radius 2 is 1.50 bits per heavy atom. The maximum Gasteiger partial charge on any atom is 0.311 e. The number of rotatable bonds is 6.